The highest BCUT2D eigenvalue weighted by Crippen LogP contribution is 2.28. The summed E-state index contributed by atoms with van der Waals surface area (Å²) in [6.45, 7) is 3.79. The zero-order valence-electron chi connectivity index (χ0n) is 14.1. The van der Waals surface area contributed by atoms with Gasteiger partial charge >= 0.3 is 5.97 Å². The van der Waals surface area contributed by atoms with Crippen LogP contribution in [0.2, 0.25) is 0 Å². The maximum absolute atomic E-state index is 14.2. The number of benzene rings is 1. The van der Waals surface area contributed by atoms with E-state index in [1.807, 2.05) is 26.0 Å². The van der Waals surface area contributed by atoms with Gasteiger partial charge in [0.25, 0.3) is 0 Å². The second-order valence-corrected chi connectivity index (χ2v) is 5.78. The molecule has 0 unspecified atom stereocenters. The van der Waals surface area contributed by atoms with Crippen LogP contribution in [0.4, 0.5) is 8.78 Å². The lowest BCUT2D eigenvalue weighted by Crippen LogP contribution is -2.05. The molecule has 0 aliphatic rings. The molecule has 2 rings (SSSR count). The number of nitrogens with zero attached hydrogens (tertiary/aromatic N) is 1. The Morgan fingerprint density at radius 2 is 1.92 bits per heavy atom. The first kappa shape index (κ1) is 18.6. The molecule has 1 aromatic heterocycles. The highest BCUT2D eigenvalue weighted by molar-refractivity contribution is 5.66. The zero-order chi connectivity index (χ0) is 18.4. The van der Waals surface area contributed by atoms with Crippen molar-refractivity contribution in [2.75, 3.05) is 6.61 Å². The first-order valence-electron chi connectivity index (χ1n) is 7.83. The Hall–Kier alpha value is -2.76. The van der Waals surface area contributed by atoms with Gasteiger partial charge in [0, 0.05) is 12.0 Å². The molecule has 6 heteroatoms. The van der Waals surface area contributed by atoms with Crippen molar-refractivity contribution >= 4 is 12.0 Å². The van der Waals surface area contributed by atoms with Crippen molar-refractivity contribution in [3.05, 3.63) is 53.2 Å². The fourth-order valence-corrected chi connectivity index (χ4v) is 2.23. The van der Waals surface area contributed by atoms with Crippen LogP contribution in [-0.2, 0) is 4.79 Å². The number of ether oxygens (including phenoxy) is 1. The number of carboxylic acid groups (broad SMARTS) is 1. The van der Waals surface area contributed by atoms with E-state index in [1.54, 1.807) is 12.1 Å². The van der Waals surface area contributed by atoms with Gasteiger partial charge in [-0.1, -0.05) is 11.6 Å². The van der Waals surface area contributed by atoms with Gasteiger partial charge in [-0.3, -0.25) is 4.79 Å². The van der Waals surface area contributed by atoms with Crippen molar-refractivity contribution in [3.8, 4) is 17.0 Å². The number of allylic oxidation sites excluding steroid dienone is 1. The minimum atomic E-state index is -0.984. The number of carbonyl (C=O) groups is 1. The van der Waals surface area contributed by atoms with E-state index < -0.39 is 23.4 Å². The van der Waals surface area contributed by atoms with Gasteiger partial charge in [0.1, 0.15) is 0 Å². The van der Waals surface area contributed by atoms with Crippen LogP contribution in [-0.4, -0.2) is 22.7 Å². The molecular formula is C19H19F2NO3. The highest BCUT2D eigenvalue weighted by Gasteiger charge is 2.14. The molecule has 4 nitrogen and oxygen atoms in total. The average Bonchev–Trinajstić information content (AvgIpc) is 2.52. The molecule has 0 fully saturated rings. The summed E-state index contributed by atoms with van der Waals surface area (Å²) in [6, 6.07) is 7.56. The molecule has 132 valence electrons. The Balaban J connectivity index is 2.21. The van der Waals surface area contributed by atoms with E-state index >= 15 is 0 Å². The van der Waals surface area contributed by atoms with E-state index in [0.29, 0.717) is 17.0 Å². The van der Waals surface area contributed by atoms with Crippen LogP contribution in [0.1, 0.15) is 32.4 Å². The Labute approximate surface area is 144 Å². The van der Waals surface area contributed by atoms with Gasteiger partial charge in [-0.05, 0) is 50.6 Å². The van der Waals surface area contributed by atoms with Crippen molar-refractivity contribution in [2.45, 2.75) is 26.7 Å². The standard InChI is InChI=1S/C19H19F2NO3/c1-12(2)9-14-5-3-6-17(22-14)13-10-15(20)19(16(21)11-13)25-8-4-7-18(23)24/h3,5-6,9-11H,4,7-8H2,1-2H3,(H,23,24). The summed E-state index contributed by atoms with van der Waals surface area (Å²) in [5.41, 5.74) is 2.52. The van der Waals surface area contributed by atoms with E-state index in [2.05, 4.69) is 4.98 Å². The Kier molecular flexibility index (Phi) is 6.22. The smallest absolute Gasteiger partial charge is 0.303 e. The normalized spacial score (nSPS) is 10.4. The third-order valence-electron chi connectivity index (χ3n) is 3.28. The number of pyridine rings is 1. The van der Waals surface area contributed by atoms with Crippen molar-refractivity contribution in [3.63, 3.8) is 0 Å². The molecule has 0 spiro atoms. The SMILES string of the molecule is CC(C)=Cc1cccc(-c2cc(F)c(OCCCC(=O)O)c(F)c2)n1. The summed E-state index contributed by atoms with van der Waals surface area (Å²) in [7, 11) is 0. The molecule has 0 bridgehead atoms. The highest BCUT2D eigenvalue weighted by atomic mass is 19.1. The summed E-state index contributed by atoms with van der Waals surface area (Å²) < 4.78 is 33.4. The van der Waals surface area contributed by atoms with E-state index in [4.69, 9.17) is 9.84 Å². The number of rotatable bonds is 7. The van der Waals surface area contributed by atoms with Gasteiger partial charge in [-0.25, -0.2) is 13.8 Å². The van der Waals surface area contributed by atoms with Gasteiger partial charge in [0.2, 0.25) is 0 Å². The molecule has 0 saturated carbocycles. The summed E-state index contributed by atoms with van der Waals surface area (Å²) >= 11 is 0. The van der Waals surface area contributed by atoms with Gasteiger partial charge in [0.15, 0.2) is 17.4 Å². The quantitative estimate of drug-likeness (QED) is 0.738. The number of halogens is 2. The van der Waals surface area contributed by atoms with Crippen LogP contribution < -0.4 is 4.74 Å². The lowest BCUT2D eigenvalue weighted by molar-refractivity contribution is -0.137. The van der Waals surface area contributed by atoms with Crippen molar-refractivity contribution < 1.29 is 23.4 Å². The van der Waals surface area contributed by atoms with Crippen LogP contribution in [0.5, 0.6) is 5.75 Å². The van der Waals surface area contributed by atoms with Crippen LogP contribution in [0.15, 0.2) is 35.9 Å². The molecule has 0 aliphatic heterocycles. The first-order valence-corrected chi connectivity index (χ1v) is 7.83. The summed E-state index contributed by atoms with van der Waals surface area (Å²) in [6.07, 6.45) is 1.92. The van der Waals surface area contributed by atoms with Crippen molar-refractivity contribution in [1.29, 1.82) is 0 Å². The predicted octanol–water partition coefficient (Wildman–Crippen LogP) is 4.69. The van der Waals surface area contributed by atoms with Crippen LogP contribution in [0.3, 0.4) is 0 Å². The lowest BCUT2D eigenvalue weighted by Gasteiger charge is -2.10. The predicted molar refractivity (Wildman–Crippen MR) is 91.3 cm³/mol. The number of carboxylic acids is 1. The molecule has 0 amide bonds. The molecule has 1 aromatic carbocycles. The summed E-state index contributed by atoms with van der Waals surface area (Å²) in [5, 5.41) is 8.54. The van der Waals surface area contributed by atoms with Crippen LogP contribution in [0.25, 0.3) is 17.3 Å². The molecule has 0 saturated heterocycles. The fourth-order valence-electron chi connectivity index (χ4n) is 2.23. The van der Waals surface area contributed by atoms with E-state index in [-0.39, 0.29) is 19.4 Å². The van der Waals surface area contributed by atoms with E-state index in [0.717, 1.165) is 17.7 Å². The Bertz CT molecular complexity index is 776. The topological polar surface area (TPSA) is 59.4 Å². The van der Waals surface area contributed by atoms with Crippen LogP contribution >= 0.6 is 0 Å². The average molecular weight is 347 g/mol. The largest absolute Gasteiger partial charge is 0.488 e. The zero-order valence-corrected chi connectivity index (χ0v) is 14.1. The van der Waals surface area contributed by atoms with E-state index in [9.17, 15) is 13.6 Å². The first-order chi connectivity index (χ1) is 11.9. The maximum Gasteiger partial charge on any atom is 0.303 e. The monoisotopic (exact) mass is 347 g/mol. The summed E-state index contributed by atoms with van der Waals surface area (Å²) in [4.78, 5) is 14.8. The number of aliphatic carboxylic acids is 1. The fraction of sp³-hybridized carbons (Fsp3) is 0.263. The molecule has 25 heavy (non-hydrogen) atoms. The third-order valence-corrected chi connectivity index (χ3v) is 3.28. The molecule has 0 aliphatic carbocycles. The van der Waals surface area contributed by atoms with Gasteiger partial charge in [0.05, 0.1) is 18.0 Å². The number of hydrogen-bond donors (Lipinski definition) is 1. The molecule has 2 aromatic rings. The van der Waals surface area contributed by atoms with Gasteiger partial charge in [-0.2, -0.15) is 0 Å². The minimum absolute atomic E-state index is 0.0756. The van der Waals surface area contributed by atoms with Gasteiger partial charge < -0.3 is 9.84 Å². The number of hydrogen-bond acceptors (Lipinski definition) is 3. The Morgan fingerprint density at radius 3 is 2.52 bits per heavy atom. The third kappa shape index (κ3) is 5.38. The second-order valence-electron chi connectivity index (χ2n) is 5.78. The van der Waals surface area contributed by atoms with Crippen molar-refractivity contribution in [2.24, 2.45) is 0 Å². The molecule has 0 radical (unpaired) electrons. The van der Waals surface area contributed by atoms with E-state index in [1.165, 1.54) is 0 Å². The maximum atomic E-state index is 14.2. The number of aromatic nitrogens is 1. The minimum Gasteiger partial charge on any atom is -0.488 e. The van der Waals surface area contributed by atoms with Crippen molar-refractivity contribution in [1.82, 2.24) is 4.98 Å². The summed E-state index contributed by atoms with van der Waals surface area (Å²) in [5.74, 6) is -3.18. The van der Waals surface area contributed by atoms with Gasteiger partial charge in [-0.15, -0.1) is 0 Å². The lowest BCUT2D eigenvalue weighted by atomic mass is 10.1. The second kappa shape index (κ2) is 8.37. The van der Waals surface area contributed by atoms with Crippen LogP contribution in [0, 0.1) is 11.6 Å². The molecule has 1 N–H and O–H groups in total. The Morgan fingerprint density at radius 1 is 1.24 bits per heavy atom. The molecule has 0 atom stereocenters. The molecule has 1 heterocycles. The molecular weight excluding hydrogens is 328 g/mol.